The molecule has 28 heavy (non-hydrogen) atoms. The van der Waals surface area contributed by atoms with Gasteiger partial charge in [0.2, 0.25) is 5.91 Å². The third-order valence-corrected chi connectivity index (χ3v) is 7.04. The van der Waals surface area contributed by atoms with Gasteiger partial charge in [-0.1, -0.05) is 6.92 Å². The lowest BCUT2D eigenvalue weighted by atomic mass is 10.0. The zero-order valence-corrected chi connectivity index (χ0v) is 17.0. The normalized spacial score (nSPS) is 22.1. The van der Waals surface area contributed by atoms with Crippen LogP contribution < -0.4 is 10.6 Å². The molecule has 0 aromatic heterocycles. The van der Waals surface area contributed by atoms with E-state index in [0.29, 0.717) is 18.7 Å². The smallest absolute Gasteiger partial charge is 0.269 e. The van der Waals surface area contributed by atoms with Gasteiger partial charge in [-0.3, -0.25) is 25.0 Å². The highest BCUT2D eigenvalue weighted by atomic mass is 32.2. The number of rotatable bonds is 5. The number of thioether (sulfide) groups is 1. The van der Waals surface area contributed by atoms with Crippen molar-refractivity contribution in [3.05, 3.63) is 39.9 Å². The van der Waals surface area contributed by atoms with Gasteiger partial charge in [-0.05, 0) is 38.3 Å². The molecule has 2 heterocycles. The van der Waals surface area contributed by atoms with E-state index in [1.807, 2.05) is 13.8 Å². The first kappa shape index (κ1) is 20.6. The average molecular weight is 407 g/mol. The summed E-state index contributed by atoms with van der Waals surface area (Å²) in [7, 11) is 0. The molecule has 2 N–H and O–H groups in total. The topological polar surface area (TPSA) is 105 Å². The van der Waals surface area contributed by atoms with Gasteiger partial charge in [0.15, 0.2) is 0 Å². The Morgan fingerprint density at radius 3 is 2.57 bits per heavy atom. The van der Waals surface area contributed by atoms with Crippen LogP contribution >= 0.6 is 11.8 Å². The van der Waals surface area contributed by atoms with E-state index < -0.39 is 4.92 Å². The Morgan fingerprint density at radius 1 is 1.36 bits per heavy atom. The van der Waals surface area contributed by atoms with Crippen molar-refractivity contribution in [2.24, 2.45) is 0 Å². The summed E-state index contributed by atoms with van der Waals surface area (Å²) < 4.78 is 0. The molecule has 9 heteroatoms. The first-order chi connectivity index (χ1) is 13.3. The van der Waals surface area contributed by atoms with Gasteiger partial charge in [-0.15, -0.1) is 11.8 Å². The standard InChI is InChI=1S/C19H26N4O4S/c1-3-13(2)20-17(24)16-12-28-19(21-16)8-10-22(11-9-19)18(25)14-4-6-15(7-5-14)23(26)27/h4-7,13,16,21H,3,8-12H2,1-2H3,(H,20,24)/t13-,16-/m1/s1. The van der Waals surface area contributed by atoms with Crippen molar-refractivity contribution in [3.63, 3.8) is 0 Å². The lowest BCUT2D eigenvalue weighted by Crippen LogP contribution is -2.55. The number of nitrogens with one attached hydrogen (secondary N) is 2. The van der Waals surface area contributed by atoms with Gasteiger partial charge in [-0.2, -0.15) is 0 Å². The number of hydrogen-bond donors (Lipinski definition) is 2. The molecule has 8 nitrogen and oxygen atoms in total. The van der Waals surface area contributed by atoms with E-state index in [1.54, 1.807) is 16.7 Å². The summed E-state index contributed by atoms with van der Waals surface area (Å²) in [6.45, 7) is 5.23. The Labute approximate surface area is 168 Å². The molecule has 3 rings (SSSR count). The summed E-state index contributed by atoms with van der Waals surface area (Å²) in [4.78, 5) is 36.9. The van der Waals surface area contributed by atoms with Gasteiger partial charge in [0.25, 0.3) is 11.6 Å². The summed E-state index contributed by atoms with van der Waals surface area (Å²) >= 11 is 1.77. The molecule has 1 aromatic carbocycles. The van der Waals surface area contributed by atoms with Crippen LogP contribution in [-0.2, 0) is 4.79 Å². The third-order valence-electron chi connectivity index (χ3n) is 5.46. The maximum atomic E-state index is 12.7. The van der Waals surface area contributed by atoms with E-state index in [9.17, 15) is 19.7 Å². The van der Waals surface area contributed by atoms with Crippen LogP contribution in [-0.4, -0.2) is 57.4 Å². The highest BCUT2D eigenvalue weighted by Gasteiger charge is 2.44. The first-order valence-electron chi connectivity index (χ1n) is 9.59. The molecule has 152 valence electrons. The molecule has 2 aliphatic heterocycles. The second-order valence-corrected chi connectivity index (χ2v) is 8.82. The van der Waals surface area contributed by atoms with Crippen LogP contribution in [0, 0.1) is 10.1 Å². The molecule has 2 atom stereocenters. The number of likely N-dealkylation sites (tertiary alicyclic amines) is 1. The fraction of sp³-hybridized carbons (Fsp3) is 0.579. The zero-order valence-electron chi connectivity index (χ0n) is 16.1. The first-order valence-corrected chi connectivity index (χ1v) is 10.6. The van der Waals surface area contributed by atoms with E-state index in [-0.39, 0.29) is 34.5 Å². The van der Waals surface area contributed by atoms with Crippen molar-refractivity contribution in [1.82, 2.24) is 15.5 Å². The number of nitro groups is 1. The minimum absolute atomic E-state index is 0.0255. The molecule has 1 spiro atoms. The largest absolute Gasteiger partial charge is 0.352 e. The van der Waals surface area contributed by atoms with Crippen LogP contribution in [0.2, 0.25) is 0 Å². The summed E-state index contributed by atoms with van der Waals surface area (Å²) in [6.07, 6.45) is 2.43. The third kappa shape index (κ3) is 4.47. The van der Waals surface area contributed by atoms with Crippen molar-refractivity contribution in [3.8, 4) is 0 Å². The van der Waals surface area contributed by atoms with E-state index >= 15 is 0 Å². The number of hydrogen-bond acceptors (Lipinski definition) is 6. The lowest BCUT2D eigenvalue weighted by Gasteiger charge is -2.39. The number of non-ortho nitro benzene ring substituents is 1. The maximum absolute atomic E-state index is 12.7. The predicted molar refractivity (Wildman–Crippen MR) is 108 cm³/mol. The second-order valence-electron chi connectivity index (χ2n) is 7.42. The van der Waals surface area contributed by atoms with Crippen LogP contribution in [0.25, 0.3) is 0 Å². The SMILES string of the molecule is CC[C@@H](C)NC(=O)[C@H]1CSC2(CCN(C(=O)c3ccc([N+](=O)[O-])cc3)CC2)N1. The van der Waals surface area contributed by atoms with E-state index in [0.717, 1.165) is 25.0 Å². The van der Waals surface area contributed by atoms with Gasteiger partial charge < -0.3 is 10.2 Å². The van der Waals surface area contributed by atoms with Gasteiger partial charge in [0.05, 0.1) is 15.8 Å². The number of benzene rings is 1. The minimum atomic E-state index is -0.476. The van der Waals surface area contributed by atoms with Gasteiger partial charge in [-0.25, -0.2) is 0 Å². The molecular formula is C19H26N4O4S. The molecule has 2 saturated heterocycles. The van der Waals surface area contributed by atoms with Crippen molar-refractivity contribution >= 4 is 29.3 Å². The van der Waals surface area contributed by atoms with Crippen LogP contribution in [0.4, 0.5) is 5.69 Å². The molecule has 1 aromatic rings. The average Bonchev–Trinajstić information content (AvgIpc) is 3.11. The highest BCUT2D eigenvalue weighted by molar-refractivity contribution is 8.01. The zero-order chi connectivity index (χ0) is 20.3. The van der Waals surface area contributed by atoms with E-state index in [4.69, 9.17) is 0 Å². The molecule has 2 aliphatic rings. The molecule has 2 fully saturated rings. The molecule has 0 bridgehead atoms. The van der Waals surface area contributed by atoms with Crippen molar-refractivity contribution in [2.75, 3.05) is 18.8 Å². The number of nitro benzene ring substituents is 1. The van der Waals surface area contributed by atoms with E-state index in [1.165, 1.54) is 24.3 Å². The highest BCUT2D eigenvalue weighted by Crippen LogP contribution is 2.39. The summed E-state index contributed by atoms with van der Waals surface area (Å²) in [5.41, 5.74) is 0.432. The number of nitrogens with zero attached hydrogens (tertiary/aromatic N) is 2. The Bertz CT molecular complexity index is 747. The molecular weight excluding hydrogens is 380 g/mol. The van der Waals surface area contributed by atoms with Crippen molar-refractivity contribution < 1.29 is 14.5 Å². The molecule has 2 amide bonds. The Balaban J connectivity index is 1.55. The number of amides is 2. The molecule has 0 unspecified atom stereocenters. The van der Waals surface area contributed by atoms with Crippen LogP contribution in [0.1, 0.15) is 43.5 Å². The number of carbonyl (C=O) groups excluding carboxylic acids is 2. The van der Waals surface area contributed by atoms with Gasteiger partial charge in [0, 0.05) is 42.6 Å². The minimum Gasteiger partial charge on any atom is -0.352 e. The molecule has 0 saturated carbocycles. The monoisotopic (exact) mass is 406 g/mol. The summed E-state index contributed by atoms with van der Waals surface area (Å²) in [5.74, 6) is 0.667. The summed E-state index contributed by atoms with van der Waals surface area (Å²) in [5, 5.41) is 17.3. The quantitative estimate of drug-likeness (QED) is 0.573. The predicted octanol–water partition coefficient (Wildman–Crippen LogP) is 2.15. The second kappa shape index (κ2) is 8.48. The number of piperidine rings is 1. The van der Waals surface area contributed by atoms with Gasteiger partial charge in [0.1, 0.15) is 0 Å². The van der Waals surface area contributed by atoms with E-state index in [2.05, 4.69) is 10.6 Å². The fourth-order valence-corrected chi connectivity index (χ4v) is 4.92. The number of carbonyl (C=O) groups is 2. The van der Waals surface area contributed by atoms with Crippen molar-refractivity contribution in [1.29, 1.82) is 0 Å². The fourth-order valence-electron chi connectivity index (χ4n) is 3.50. The van der Waals surface area contributed by atoms with Crippen molar-refractivity contribution in [2.45, 2.75) is 50.1 Å². The Morgan fingerprint density at radius 2 is 2.00 bits per heavy atom. The molecule has 0 radical (unpaired) electrons. The Hall–Kier alpha value is -2.13. The summed E-state index contributed by atoms with van der Waals surface area (Å²) in [6, 6.07) is 5.68. The van der Waals surface area contributed by atoms with Crippen LogP contribution in [0.15, 0.2) is 24.3 Å². The van der Waals surface area contributed by atoms with Gasteiger partial charge >= 0.3 is 0 Å². The maximum Gasteiger partial charge on any atom is 0.269 e. The Kier molecular flexibility index (Phi) is 6.24. The molecule has 0 aliphatic carbocycles. The van der Waals surface area contributed by atoms with Crippen LogP contribution in [0.3, 0.4) is 0 Å². The van der Waals surface area contributed by atoms with Crippen LogP contribution in [0.5, 0.6) is 0 Å². The lowest BCUT2D eigenvalue weighted by molar-refractivity contribution is -0.384.